The van der Waals surface area contributed by atoms with Crippen molar-refractivity contribution >= 4 is 5.91 Å². The predicted octanol–water partition coefficient (Wildman–Crippen LogP) is 0.863. The molecule has 0 saturated carbocycles. The third-order valence-electron chi connectivity index (χ3n) is 1.80. The number of carbonyl (C=O) groups excluding carboxylic acids is 1. The lowest BCUT2D eigenvalue weighted by Gasteiger charge is -2.10. The van der Waals surface area contributed by atoms with E-state index in [1.165, 1.54) is 6.07 Å². The van der Waals surface area contributed by atoms with Gasteiger partial charge in [-0.2, -0.15) is 8.78 Å². The normalized spacial score (nSPS) is 10.4. The maximum atomic E-state index is 12.0. The molecule has 1 amide bonds. The van der Waals surface area contributed by atoms with Gasteiger partial charge in [0.05, 0.1) is 6.54 Å². The number of hydrogen-bond acceptors (Lipinski definition) is 3. The van der Waals surface area contributed by atoms with Gasteiger partial charge in [0.1, 0.15) is 5.75 Å². The van der Waals surface area contributed by atoms with Gasteiger partial charge in [0.25, 0.3) is 0 Å². The zero-order valence-electron chi connectivity index (χ0n) is 8.45. The topological polar surface area (TPSA) is 64.4 Å². The third-order valence-corrected chi connectivity index (χ3v) is 1.80. The van der Waals surface area contributed by atoms with Gasteiger partial charge in [-0.1, -0.05) is 18.2 Å². The first-order chi connectivity index (χ1) is 7.59. The SMILES string of the molecule is NC(=O)CNCc1ccccc1OC(F)F. The summed E-state index contributed by atoms with van der Waals surface area (Å²) in [7, 11) is 0. The van der Waals surface area contributed by atoms with E-state index in [-0.39, 0.29) is 18.8 Å². The Balaban J connectivity index is 2.60. The molecule has 0 aromatic heterocycles. The van der Waals surface area contributed by atoms with Crippen molar-refractivity contribution in [1.82, 2.24) is 5.32 Å². The number of alkyl halides is 2. The van der Waals surface area contributed by atoms with E-state index >= 15 is 0 Å². The molecule has 0 spiro atoms. The lowest BCUT2D eigenvalue weighted by molar-refractivity contribution is -0.117. The zero-order chi connectivity index (χ0) is 12.0. The van der Waals surface area contributed by atoms with Gasteiger partial charge in [-0.15, -0.1) is 0 Å². The van der Waals surface area contributed by atoms with Crippen LogP contribution in [0.25, 0.3) is 0 Å². The summed E-state index contributed by atoms with van der Waals surface area (Å²) in [5.41, 5.74) is 5.47. The minimum atomic E-state index is -2.86. The summed E-state index contributed by atoms with van der Waals surface area (Å²) < 4.78 is 28.4. The summed E-state index contributed by atoms with van der Waals surface area (Å²) in [6.07, 6.45) is 0. The minimum Gasteiger partial charge on any atom is -0.434 e. The number of rotatable bonds is 6. The Labute approximate surface area is 91.4 Å². The lowest BCUT2D eigenvalue weighted by atomic mass is 10.2. The fourth-order valence-electron chi connectivity index (χ4n) is 1.18. The van der Waals surface area contributed by atoms with E-state index in [1.807, 2.05) is 0 Å². The second-order valence-electron chi connectivity index (χ2n) is 3.06. The van der Waals surface area contributed by atoms with Crippen molar-refractivity contribution in [1.29, 1.82) is 0 Å². The molecule has 6 heteroatoms. The number of primary amides is 1. The first-order valence-corrected chi connectivity index (χ1v) is 4.61. The number of hydrogen-bond donors (Lipinski definition) is 2. The van der Waals surface area contributed by atoms with Crippen molar-refractivity contribution in [3.8, 4) is 5.75 Å². The van der Waals surface area contributed by atoms with Crippen molar-refractivity contribution in [3.05, 3.63) is 29.8 Å². The molecule has 0 saturated heterocycles. The average Bonchev–Trinajstić information content (AvgIpc) is 2.19. The molecular weight excluding hydrogens is 218 g/mol. The number of ether oxygens (including phenoxy) is 1. The highest BCUT2D eigenvalue weighted by Gasteiger charge is 2.08. The maximum absolute atomic E-state index is 12.0. The van der Waals surface area contributed by atoms with E-state index in [4.69, 9.17) is 5.73 Å². The first-order valence-electron chi connectivity index (χ1n) is 4.61. The second kappa shape index (κ2) is 6.02. The van der Waals surface area contributed by atoms with Crippen LogP contribution in [0.4, 0.5) is 8.78 Å². The second-order valence-corrected chi connectivity index (χ2v) is 3.06. The number of nitrogens with two attached hydrogens (primary N) is 1. The molecule has 1 aromatic carbocycles. The first kappa shape index (κ1) is 12.4. The quantitative estimate of drug-likeness (QED) is 0.761. The largest absolute Gasteiger partial charge is 0.434 e. The van der Waals surface area contributed by atoms with Gasteiger partial charge in [-0.3, -0.25) is 4.79 Å². The van der Waals surface area contributed by atoms with Crippen LogP contribution in [0.5, 0.6) is 5.75 Å². The van der Waals surface area contributed by atoms with Gasteiger partial charge in [-0.25, -0.2) is 0 Å². The van der Waals surface area contributed by atoms with Crippen LogP contribution < -0.4 is 15.8 Å². The number of carbonyl (C=O) groups is 1. The summed E-state index contributed by atoms with van der Waals surface area (Å²) >= 11 is 0. The molecular formula is C10H12F2N2O2. The summed E-state index contributed by atoms with van der Waals surface area (Å²) in [6, 6.07) is 6.36. The van der Waals surface area contributed by atoms with Gasteiger partial charge in [-0.05, 0) is 6.07 Å². The predicted molar refractivity (Wildman–Crippen MR) is 54.0 cm³/mol. The zero-order valence-corrected chi connectivity index (χ0v) is 8.45. The number of halogens is 2. The molecule has 0 fully saturated rings. The minimum absolute atomic E-state index is 0.0109. The fraction of sp³-hybridized carbons (Fsp3) is 0.300. The Morgan fingerprint density at radius 2 is 2.12 bits per heavy atom. The standard InChI is InChI=1S/C10H12F2N2O2/c11-10(12)16-8-4-2-1-3-7(8)5-14-6-9(13)15/h1-4,10,14H,5-6H2,(H2,13,15). The number of benzene rings is 1. The van der Waals surface area contributed by atoms with Crippen molar-refractivity contribution in [3.63, 3.8) is 0 Å². The van der Waals surface area contributed by atoms with Crippen LogP contribution in [0, 0.1) is 0 Å². The lowest BCUT2D eigenvalue weighted by Crippen LogP contribution is -2.28. The van der Waals surface area contributed by atoms with Crippen LogP contribution in [-0.4, -0.2) is 19.1 Å². The number of nitrogens with one attached hydrogen (secondary N) is 1. The summed E-state index contributed by atoms with van der Waals surface area (Å²) in [5.74, 6) is -0.415. The van der Waals surface area contributed by atoms with Crippen LogP contribution in [-0.2, 0) is 11.3 Å². The Hall–Kier alpha value is -1.69. The van der Waals surface area contributed by atoms with E-state index in [0.717, 1.165) is 0 Å². The fourth-order valence-corrected chi connectivity index (χ4v) is 1.18. The highest BCUT2D eigenvalue weighted by atomic mass is 19.3. The Kier molecular flexibility index (Phi) is 4.65. The highest BCUT2D eigenvalue weighted by molar-refractivity contribution is 5.75. The summed E-state index contributed by atoms with van der Waals surface area (Å²) in [4.78, 5) is 10.5. The third kappa shape index (κ3) is 4.22. The number of amides is 1. The van der Waals surface area contributed by atoms with Gasteiger partial charge < -0.3 is 15.8 Å². The molecule has 3 N–H and O–H groups in total. The van der Waals surface area contributed by atoms with E-state index in [0.29, 0.717) is 5.56 Å². The molecule has 88 valence electrons. The van der Waals surface area contributed by atoms with Gasteiger partial charge in [0, 0.05) is 12.1 Å². The van der Waals surface area contributed by atoms with Crippen LogP contribution in [0.3, 0.4) is 0 Å². The molecule has 0 bridgehead atoms. The van der Waals surface area contributed by atoms with Crippen LogP contribution in [0.15, 0.2) is 24.3 Å². The molecule has 0 aliphatic carbocycles. The monoisotopic (exact) mass is 230 g/mol. The Bertz CT molecular complexity index is 358. The van der Waals surface area contributed by atoms with Crippen molar-refractivity contribution in [2.24, 2.45) is 5.73 Å². The number of para-hydroxylation sites is 1. The van der Waals surface area contributed by atoms with Crippen LogP contribution in [0.2, 0.25) is 0 Å². The van der Waals surface area contributed by atoms with Gasteiger partial charge >= 0.3 is 6.61 Å². The summed E-state index contributed by atoms with van der Waals surface area (Å²) in [6.45, 7) is -2.63. The molecule has 4 nitrogen and oxygen atoms in total. The molecule has 1 rings (SSSR count). The van der Waals surface area contributed by atoms with Gasteiger partial charge in [0.15, 0.2) is 0 Å². The molecule has 0 aliphatic rings. The molecule has 0 unspecified atom stereocenters. The highest BCUT2D eigenvalue weighted by Crippen LogP contribution is 2.19. The van der Waals surface area contributed by atoms with Crippen molar-refractivity contribution in [2.45, 2.75) is 13.2 Å². The molecule has 0 radical (unpaired) electrons. The summed E-state index contributed by atoms with van der Waals surface area (Å²) in [5, 5.41) is 2.72. The van der Waals surface area contributed by atoms with Gasteiger partial charge in [0.2, 0.25) is 5.91 Å². The van der Waals surface area contributed by atoms with E-state index in [9.17, 15) is 13.6 Å². The smallest absolute Gasteiger partial charge is 0.387 e. The molecule has 16 heavy (non-hydrogen) atoms. The van der Waals surface area contributed by atoms with Crippen molar-refractivity contribution < 1.29 is 18.3 Å². The molecule has 0 atom stereocenters. The van der Waals surface area contributed by atoms with E-state index in [2.05, 4.69) is 10.1 Å². The van der Waals surface area contributed by atoms with Crippen LogP contribution >= 0.6 is 0 Å². The van der Waals surface area contributed by atoms with E-state index in [1.54, 1.807) is 18.2 Å². The van der Waals surface area contributed by atoms with E-state index < -0.39 is 12.5 Å². The van der Waals surface area contributed by atoms with Crippen LogP contribution in [0.1, 0.15) is 5.56 Å². The molecule has 0 aliphatic heterocycles. The maximum Gasteiger partial charge on any atom is 0.387 e. The molecule has 0 heterocycles. The average molecular weight is 230 g/mol. The molecule has 1 aromatic rings. The van der Waals surface area contributed by atoms with Crippen molar-refractivity contribution in [2.75, 3.05) is 6.54 Å². The Morgan fingerprint density at radius 3 is 2.75 bits per heavy atom. The Morgan fingerprint density at radius 1 is 1.44 bits per heavy atom.